The maximum Gasteiger partial charge on any atom is 0.104 e. The molecule has 0 aliphatic carbocycles. The van der Waals surface area contributed by atoms with Gasteiger partial charge in [0.15, 0.2) is 0 Å². The first kappa shape index (κ1) is 13.9. The van der Waals surface area contributed by atoms with Crippen LogP contribution < -0.4 is 5.32 Å². The number of hydrogen-bond acceptors (Lipinski definition) is 2. The maximum atomic E-state index is 4.41. The van der Waals surface area contributed by atoms with Gasteiger partial charge in [-0.05, 0) is 31.5 Å². The summed E-state index contributed by atoms with van der Waals surface area (Å²) >= 11 is 0. The van der Waals surface area contributed by atoms with Gasteiger partial charge in [-0.3, -0.25) is 0 Å². The molecule has 0 fully saturated rings. The van der Waals surface area contributed by atoms with Gasteiger partial charge in [0.25, 0.3) is 0 Å². The van der Waals surface area contributed by atoms with Crippen LogP contribution in [0.3, 0.4) is 0 Å². The third-order valence-corrected chi connectivity index (χ3v) is 3.46. The van der Waals surface area contributed by atoms with Gasteiger partial charge < -0.3 is 10.3 Å². The predicted octanol–water partition coefficient (Wildman–Crippen LogP) is 4.64. The molecule has 0 saturated heterocycles. The highest BCUT2D eigenvalue weighted by Crippen LogP contribution is 2.17. The second-order valence-electron chi connectivity index (χ2n) is 5.25. The Labute approximate surface area is 115 Å². The Balaban J connectivity index is 1.72. The van der Waals surface area contributed by atoms with Crippen LogP contribution in [0.25, 0.3) is 11.0 Å². The summed E-state index contributed by atoms with van der Waals surface area (Å²) in [6.45, 7) is 5.31. The molecule has 2 rings (SSSR count). The van der Waals surface area contributed by atoms with E-state index < -0.39 is 0 Å². The summed E-state index contributed by atoms with van der Waals surface area (Å²) in [7, 11) is 0. The Morgan fingerprint density at radius 3 is 2.74 bits per heavy atom. The SMILES string of the molecule is CCCCCCCCNc1ccc2nc(C)[nH]c2c1. The fourth-order valence-electron chi connectivity index (χ4n) is 2.39. The summed E-state index contributed by atoms with van der Waals surface area (Å²) < 4.78 is 0. The van der Waals surface area contributed by atoms with E-state index in [0.29, 0.717) is 0 Å². The number of H-pyrrole nitrogens is 1. The molecule has 1 heterocycles. The highest BCUT2D eigenvalue weighted by Gasteiger charge is 2.00. The minimum absolute atomic E-state index is 0.975. The number of aryl methyl sites for hydroxylation is 1. The van der Waals surface area contributed by atoms with Crippen molar-refractivity contribution in [3.63, 3.8) is 0 Å². The first-order valence-corrected chi connectivity index (χ1v) is 7.50. The summed E-state index contributed by atoms with van der Waals surface area (Å²) in [5, 5.41) is 3.49. The Morgan fingerprint density at radius 1 is 1.11 bits per heavy atom. The molecule has 3 nitrogen and oxygen atoms in total. The quantitative estimate of drug-likeness (QED) is 0.678. The van der Waals surface area contributed by atoms with E-state index in [-0.39, 0.29) is 0 Å². The molecule has 0 radical (unpaired) electrons. The Hall–Kier alpha value is -1.51. The van der Waals surface area contributed by atoms with Crippen molar-refractivity contribution in [3.8, 4) is 0 Å². The number of benzene rings is 1. The summed E-state index contributed by atoms with van der Waals surface area (Å²) in [6, 6.07) is 6.33. The van der Waals surface area contributed by atoms with Crippen LogP contribution in [0.2, 0.25) is 0 Å². The highest BCUT2D eigenvalue weighted by molar-refractivity contribution is 5.79. The maximum absolute atomic E-state index is 4.41. The molecule has 1 aromatic carbocycles. The first-order valence-electron chi connectivity index (χ1n) is 7.50. The molecule has 0 spiro atoms. The third-order valence-electron chi connectivity index (χ3n) is 3.46. The van der Waals surface area contributed by atoms with E-state index in [1.807, 2.05) is 6.92 Å². The number of aromatic nitrogens is 2. The van der Waals surface area contributed by atoms with Crippen molar-refractivity contribution in [1.82, 2.24) is 9.97 Å². The lowest BCUT2D eigenvalue weighted by atomic mass is 10.1. The van der Waals surface area contributed by atoms with E-state index in [0.717, 1.165) is 23.4 Å². The average Bonchev–Trinajstić information content (AvgIpc) is 2.77. The number of imidazole rings is 1. The number of aromatic amines is 1. The van der Waals surface area contributed by atoms with Gasteiger partial charge in [-0.15, -0.1) is 0 Å². The number of hydrogen-bond donors (Lipinski definition) is 2. The summed E-state index contributed by atoms with van der Waals surface area (Å²) in [4.78, 5) is 7.68. The van der Waals surface area contributed by atoms with Crippen LogP contribution in [0, 0.1) is 6.92 Å². The number of anilines is 1. The van der Waals surface area contributed by atoms with Gasteiger partial charge in [0.05, 0.1) is 11.0 Å². The van der Waals surface area contributed by atoms with E-state index in [1.54, 1.807) is 0 Å². The van der Waals surface area contributed by atoms with Crippen molar-refractivity contribution >= 4 is 16.7 Å². The van der Waals surface area contributed by atoms with Crippen LogP contribution in [0.15, 0.2) is 18.2 Å². The van der Waals surface area contributed by atoms with Crippen LogP contribution in [0.1, 0.15) is 51.3 Å². The van der Waals surface area contributed by atoms with Gasteiger partial charge in [0.1, 0.15) is 5.82 Å². The van der Waals surface area contributed by atoms with Crippen molar-refractivity contribution < 1.29 is 0 Å². The normalized spacial score (nSPS) is 11.1. The van der Waals surface area contributed by atoms with E-state index in [1.165, 1.54) is 44.2 Å². The van der Waals surface area contributed by atoms with E-state index in [2.05, 4.69) is 40.4 Å². The van der Waals surface area contributed by atoms with Crippen molar-refractivity contribution in [1.29, 1.82) is 0 Å². The molecule has 0 aliphatic heterocycles. The van der Waals surface area contributed by atoms with Gasteiger partial charge in [0, 0.05) is 12.2 Å². The third kappa shape index (κ3) is 4.27. The Kier molecular flexibility index (Phi) is 5.25. The second-order valence-corrected chi connectivity index (χ2v) is 5.25. The van der Waals surface area contributed by atoms with E-state index in [4.69, 9.17) is 0 Å². The molecule has 0 unspecified atom stereocenters. The summed E-state index contributed by atoms with van der Waals surface area (Å²) in [5.41, 5.74) is 3.35. The summed E-state index contributed by atoms with van der Waals surface area (Å²) in [6.07, 6.45) is 8.04. The molecule has 2 aromatic rings. The number of fused-ring (bicyclic) bond motifs is 1. The molecule has 0 aliphatic rings. The molecular weight excluding hydrogens is 234 g/mol. The van der Waals surface area contributed by atoms with Crippen LogP contribution in [0.5, 0.6) is 0 Å². The number of rotatable bonds is 8. The standard InChI is InChI=1S/C16H25N3/c1-3-4-5-6-7-8-11-17-14-9-10-15-16(12-14)19-13(2)18-15/h9-10,12,17H,3-8,11H2,1-2H3,(H,18,19). The van der Waals surface area contributed by atoms with Crippen LogP contribution in [0.4, 0.5) is 5.69 Å². The van der Waals surface area contributed by atoms with Crippen molar-refractivity contribution in [2.24, 2.45) is 0 Å². The Morgan fingerprint density at radius 2 is 1.89 bits per heavy atom. The van der Waals surface area contributed by atoms with Crippen LogP contribution in [-0.4, -0.2) is 16.5 Å². The molecule has 0 bridgehead atoms. The smallest absolute Gasteiger partial charge is 0.104 e. The fourth-order valence-corrected chi connectivity index (χ4v) is 2.39. The molecule has 104 valence electrons. The predicted molar refractivity (Wildman–Crippen MR) is 82.7 cm³/mol. The topological polar surface area (TPSA) is 40.7 Å². The van der Waals surface area contributed by atoms with Crippen LogP contribution in [-0.2, 0) is 0 Å². The highest BCUT2D eigenvalue weighted by atomic mass is 14.9. The first-order chi connectivity index (χ1) is 9.29. The average molecular weight is 259 g/mol. The molecule has 0 saturated carbocycles. The number of nitrogens with one attached hydrogen (secondary N) is 2. The zero-order chi connectivity index (χ0) is 13.5. The number of unbranched alkanes of at least 4 members (excludes halogenated alkanes) is 5. The minimum Gasteiger partial charge on any atom is -0.385 e. The molecule has 19 heavy (non-hydrogen) atoms. The molecular formula is C16H25N3. The van der Waals surface area contributed by atoms with Gasteiger partial charge in [-0.2, -0.15) is 0 Å². The Bertz CT molecular complexity index is 502. The van der Waals surface area contributed by atoms with Crippen molar-refractivity contribution in [2.75, 3.05) is 11.9 Å². The largest absolute Gasteiger partial charge is 0.385 e. The minimum atomic E-state index is 0.975. The molecule has 0 amide bonds. The molecule has 2 N–H and O–H groups in total. The zero-order valence-corrected chi connectivity index (χ0v) is 12.1. The molecule has 0 atom stereocenters. The number of nitrogens with zero attached hydrogens (tertiary/aromatic N) is 1. The molecule has 3 heteroatoms. The van der Waals surface area contributed by atoms with E-state index >= 15 is 0 Å². The second kappa shape index (κ2) is 7.17. The lowest BCUT2D eigenvalue weighted by Crippen LogP contribution is -2.01. The van der Waals surface area contributed by atoms with Gasteiger partial charge >= 0.3 is 0 Å². The summed E-state index contributed by atoms with van der Waals surface area (Å²) in [5.74, 6) is 0.975. The van der Waals surface area contributed by atoms with Crippen LogP contribution >= 0.6 is 0 Å². The van der Waals surface area contributed by atoms with Gasteiger partial charge in [0.2, 0.25) is 0 Å². The zero-order valence-electron chi connectivity index (χ0n) is 12.1. The van der Waals surface area contributed by atoms with Gasteiger partial charge in [-0.25, -0.2) is 4.98 Å². The van der Waals surface area contributed by atoms with Crippen molar-refractivity contribution in [2.45, 2.75) is 52.4 Å². The van der Waals surface area contributed by atoms with E-state index in [9.17, 15) is 0 Å². The van der Waals surface area contributed by atoms with Crippen molar-refractivity contribution in [3.05, 3.63) is 24.0 Å². The monoisotopic (exact) mass is 259 g/mol. The lowest BCUT2D eigenvalue weighted by Gasteiger charge is -2.06. The molecule has 1 aromatic heterocycles. The fraction of sp³-hybridized carbons (Fsp3) is 0.562. The lowest BCUT2D eigenvalue weighted by molar-refractivity contribution is 0.617. The van der Waals surface area contributed by atoms with Gasteiger partial charge in [-0.1, -0.05) is 39.0 Å².